The second-order valence-corrected chi connectivity index (χ2v) is 8.01. The first kappa shape index (κ1) is 21.8. The number of aromatic nitrogens is 1. The molecule has 8 nitrogen and oxygen atoms in total. The van der Waals surface area contributed by atoms with Gasteiger partial charge in [-0.05, 0) is 12.5 Å². The van der Waals surface area contributed by atoms with Crippen LogP contribution in [0.2, 0.25) is 0 Å². The molecule has 2 aliphatic heterocycles. The van der Waals surface area contributed by atoms with E-state index in [0.29, 0.717) is 11.3 Å². The van der Waals surface area contributed by atoms with Gasteiger partial charge in [-0.25, -0.2) is 15.4 Å². The zero-order valence-corrected chi connectivity index (χ0v) is 18.0. The molecular formula is C23H18F3N5O3. The number of benzene rings is 2. The molecule has 0 radical (unpaired) electrons. The van der Waals surface area contributed by atoms with Crippen LogP contribution in [0.15, 0.2) is 52.6 Å². The number of methoxy groups -OCH3 is 1. The molecule has 0 aliphatic carbocycles. The summed E-state index contributed by atoms with van der Waals surface area (Å²) in [6.45, 7) is 1.58. The van der Waals surface area contributed by atoms with Gasteiger partial charge in [-0.15, -0.1) is 0 Å². The topological polar surface area (TPSA) is 103 Å². The summed E-state index contributed by atoms with van der Waals surface area (Å²) in [4.78, 5) is 17.8. The van der Waals surface area contributed by atoms with Crippen molar-refractivity contribution in [2.45, 2.75) is 31.2 Å². The van der Waals surface area contributed by atoms with E-state index in [0.717, 1.165) is 5.01 Å². The third-order valence-corrected chi connectivity index (χ3v) is 5.99. The second kappa shape index (κ2) is 7.78. The number of rotatable bonds is 3. The molecule has 0 spiro atoms. The van der Waals surface area contributed by atoms with Gasteiger partial charge in [-0.2, -0.15) is 18.4 Å². The normalized spacial score (nSPS) is 22.5. The van der Waals surface area contributed by atoms with Crippen LogP contribution in [-0.2, 0) is 4.79 Å². The molecule has 5 rings (SSSR count). The lowest BCUT2D eigenvalue weighted by molar-refractivity contribution is -0.161. The standard InChI is InChI=1S/C23H18F3N5O3/c1-11-16(21-29-18-14(33-2)8-12(10-27)9-15(18)34-21)22(32)31-20(28-11)17(13-6-4-3-5-7-13)19(30-31)23(24,25)26/h3-9,17,19-20,28,30H,1-2H3. The number of nitrogens with one attached hydrogen (secondary N) is 2. The van der Waals surface area contributed by atoms with Gasteiger partial charge in [0, 0.05) is 17.8 Å². The van der Waals surface area contributed by atoms with E-state index in [4.69, 9.17) is 9.15 Å². The van der Waals surface area contributed by atoms with E-state index < -0.39 is 30.2 Å². The number of allylic oxidation sites excluding steroid dienone is 1. The fourth-order valence-electron chi connectivity index (χ4n) is 4.47. The number of halogens is 3. The Morgan fingerprint density at radius 3 is 2.62 bits per heavy atom. The molecule has 1 aromatic heterocycles. The van der Waals surface area contributed by atoms with Gasteiger partial charge in [0.1, 0.15) is 23.5 Å². The van der Waals surface area contributed by atoms with Crippen molar-refractivity contribution in [2.24, 2.45) is 0 Å². The highest BCUT2D eigenvalue weighted by molar-refractivity contribution is 6.20. The van der Waals surface area contributed by atoms with Crippen molar-refractivity contribution in [2.75, 3.05) is 7.11 Å². The average molecular weight is 469 g/mol. The number of carbonyl (C=O) groups excluding carboxylic acids is 1. The molecule has 0 saturated carbocycles. The van der Waals surface area contributed by atoms with Gasteiger partial charge in [0.15, 0.2) is 11.1 Å². The summed E-state index contributed by atoms with van der Waals surface area (Å²) >= 11 is 0. The minimum Gasteiger partial charge on any atom is -0.494 e. The Labute approximate surface area is 191 Å². The highest BCUT2D eigenvalue weighted by atomic mass is 19.4. The fourth-order valence-corrected chi connectivity index (χ4v) is 4.47. The summed E-state index contributed by atoms with van der Waals surface area (Å²) in [5, 5.41) is 13.2. The van der Waals surface area contributed by atoms with Crippen molar-refractivity contribution in [3.8, 4) is 11.8 Å². The minimum atomic E-state index is -4.60. The van der Waals surface area contributed by atoms with Gasteiger partial charge in [-0.1, -0.05) is 30.3 Å². The van der Waals surface area contributed by atoms with Crippen LogP contribution in [0.3, 0.4) is 0 Å². The maximum Gasteiger partial charge on any atom is 0.406 e. The fraction of sp³-hybridized carbons (Fsp3) is 0.261. The number of alkyl halides is 3. The number of ether oxygens (including phenoxy) is 1. The summed E-state index contributed by atoms with van der Waals surface area (Å²) in [5.74, 6) is -1.61. The van der Waals surface area contributed by atoms with Gasteiger partial charge < -0.3 is 14.5 Å². The monoisotopic (exact) mass is 469 g/mol. The van der Waals surface area contributed by atoms with E-state index in [1.807, 2.05) is 6.07 Å². The lowest BCUT2D eigenvalue weighted by Crippen LogP contribution is -2.54. The van der Waals surface area contributed by atoms with Crippen LogP contribution < -0.4 is 15.5 Å². The third kappa shape index (κ3) is 3.34. The first-order chi connectivity index (χ1) is 16.2. The minimum absolute atomic E-state index is 0.0184. The van der Waals surface area contributed by atoms with Crippen LogP contribution >= 0.6 is 0 Å². The van der Waals surface area contributed by atoms with Crippen molar-refractivity contribution in [3.63, 3.8) is 0 Å². The van der Waals surface area contributed by atoms with E-state index in [9.17, 15) is 23.2 Å². The highest BCUT2D eigenvalue weighted by Gasteiger charge is 2.58. The molecule has 1 fully saturated rings. The van der Waals surface area contributed by atoms with E-state index in [1.54, 1.807) is 37.3 Å². The number of oxazole rings is 1. The molecule has 3 unspecified atom stereocenters. The predicted octanol–water partition coefficient (Wildman–Crippen LogP) is 3.43. The largest absolute Gasteiger partial charge is 0.494 e. The average Bonchev–Trinajstić information content (AvgIpc) is 3.40. The number of nitriles is 1. The van der Waals surface area contributed by atoms with Crippen molar-refractivity contribution in [1.82, 2.24) is 20.7 Å². The molecule has 3 aromatic rings. The number of hydrazine groups is 1. The van der Waals surface area contributed by atoms with Gasteiger partial charge in [-0.3, -0.25) is 4.79 Å². The lowest BCUT2D eigenvalue weighted by Gasteiger charge is -2.34. The molecule has 3 heterocycles. The molecule has 1 saturated heterocycles. The van der Waals surface area contributed by atoms with Gasteiger partial charge in [0.2, 0.25) is 5.89 Å². The first-order valence-corrected chi connectivity index (χ1v) is 10.3. The summed E-state index contributed by atoms with van der Waals surface area (Å²) < 4.78 is 52.9. The van der Waals surface area contributed by atoms with Crippen molar-refractivity contribution in [3.05, 3.63) is 65.2 Å². The Kier molecular flexibility index (Phi) is 4.98. The summed E-state index contributed by atoms with van der Waals surface area (Å²) in [7, 11) is 1.40. The molecule has 2 aliphatic rings. The Hall–Kier alpha value is -4.04. The molecule has 0 bridgehead atoms. The van der Waals surface area contributed by atoms with Gasteiger partial charge >= 0.3 is 6.18 Å². The Morgan fingerprint density at radius 1 is 1.24 bits per heavy atom. The van der Waals surface area contributed by atoms with Crippen LogP contribution in [0.1, 0.15) is 29.9 Å². The lowest BCUT2D eigenvalue weighted by atomic mass is 9.89. The summed E-state index contributed by atoms with van der Waals surface area (Å²) in [5.41, 5.74) is 3.87. The van der Waals surface area contributed by atoms with Crippen molar-refractivity contribution in [1.29, 1.82) is 5.26 Å². The van der Waals surface area contributed by atoms with E-state index in [1.165, 1.54) is 19.2 Å². The van der Waals surface area contributed by atoms with Crippen molar-refractivity contribution < 1.29 is 27.1 Å². The molecule has 34 heavy (non-hydrogen) atoms. The van der Waals surface area contributed by atoms with Crippen LogP contribution in [0, 0.1) is 11.3 Å². The van der Waals surface area contributed by atoms with Crippen LogP contribution in [0.4, 0.5) is 13.2 Å². The first-order valence-electron chi connectivity index (χ1n) is 10.3. The van der Waals surface area contributed by atoms with Crippen LogP contribution in [0.25, 0.3) is 16.7 Å². The Balaban J connectivity index is 1.59. The number of carbonyl (C=O) groups is 1. The molecule has 2 N–H and O–H groups in total. The summed E-state index contributed by atoms with van der Waals surface area (Å²) in [6, 6.07) is 11.2. The van der Waals surface area contributed by atoms with Gasteiger partial charge in [0.25, 0.3) is 5.91 Å². The highest BCUT2D eigenvalue weighted by Crippen LogP contribution is 2.42. The number of amides is 1. The SMILES string of the molecule is COc1cc(C#N)cc2oc(C3=C(C)NC4C(c5ccccc5)C(C(F)(F)F)NN4C3=O)nc12. The maximum absolute atomic E-state index is 14.0. The Morgan fingerprint density at radius 2 is 1.97 bits per heavy atom. The third-order valence-electron chi connectivity index (χ3n) is 5.99. The molecule has 1 amide bonds. The molecule has 174 valence electrons. The number of hydrogen-bond acceptors (Lipinski definition) is 7. The number of hydrogen-bond donors (Lipinski definition) is 2. The van der Waals surface area contributed by atoms with Gasteiger partial charge in [0.05, 0.1) is 24.7 Å². The molecule has 11 heteroatoms. The Bertz CT molecular complexity index is 1360. The second-order valence-electron chi connectivity index (χ2n) is 8.01. The zero-order chi connectivity index (χ0) is 24.2. The quantitative estimate of drug-likeness (QED) is 0.606. The van der Waals surface area contributed by atoms with Crippen LogP contribution in [0.5, 0.6) is 5.75 Å². The van der Waals surface area contributed by atoms with Crippen LogP contribution in [-0.4, -0.2) is 41.4 Å². The predicted molar refractivity (Wildman–Crippen MR) is 114 cm³/mol. The smallest absolute Gasteiger partial charge is 0.406 e. The van der Waals surface area contributed by atoms with Crippen molar-refractivity contribution >= 4 is 22.6 Å². The summed E-state index contributed by atoms with van der Waals surface area (Å²) in [6.07, 6.45) is -5.58. The number of fused-ring (bicyclic) bond motifs is 2. The maximum atomic E-state index is 14.0. The van der Waals surface area contributed by atoms with E-state index in [-0.39, 0.29) is 33.9 Å². The number of nitrogens with zero attached hydrogens (tertiary/aromatic N) is 3. The molecule has 2 aromatic carbocycles. The van der Waals surface area contributed by atoms with E-state index in [2.05, 4.69) is 15.7 Å². The molecular weight excluding hydrogens is 451 g/mol. The van der Waals surface area contributed by atoms with E-state index >= 15 is 0 Å². The molecule has 3 atom stereocenters. The zero-order valence-electron chi connectivity index (χ0n) is 18.0.